The van der Waals surface area contributed by atoms with Crippen molar-refractivity contribution in [3.8, 4) is 0 Å². The van der Waals surface area contributed by atoms with Crippen molar-refractivity contribution in [2.24, 2.45) is 22.7 Å². The predicted octanol–water partition coefficient (Wildman–Crippen LogP) is 3.01. The van der Waals surface area contributed by atoms with Gasteiger partial charge in [0.15, 0.2) is 6.61 Å². The second-order valence-corrected chi connectivity index (χ2v) is 9.33. The van der Waals surface area contributed by atoms with Crippen LogP contribution >= 0.6 is 0 Å². The Kier molecular flexibility index (Phi) is 3.80. The Morgan fingerprint density at radius 2 is 1.83 bits per heavy atom. The maximum atomic E-state index is 13.3. The molecule has 4 rings (SSSR count). The zero-order valence-electron chi connectivity index (χ0n) is 13.1. The zero-order valence-corrected chi connectivity index (χ0v) is 13.9. The third-order valence-corrected chi connectivity index (χ3v) is 6.99. The molecule has 0 aromatic carbocycles. The quantitative estimate of drug-likeness (QED) is 0.608. The van der Waals surface area contributed by atoms with Crippen molar-refractivity contribution in [3.05, 3.63) is 0 Å². The van der Waals surface area contributed by atoms with Gasteiger partial charge in [-0.05, 0) is 55.8 Å². The predicted molar refractivity (Wildman–Crippen MR) is 77.3 cm³/mol. The van der Waals surface area contributed by atoms with E-state index in [-0.39, 0.29) is 5.41 Å². The average molecular weight is 352 g/mol. The second-order valence-electron chi connectivity index (χ2n) is 7.78. The molecule has 0 aromatic heterocycles. The molecule has 4 fully saturated rings. The third kappa shape index (κ3) is 2.77. The van der Waals surface area contributed by atoms with Gasteiger partial charge in [0.2, 0.25) is 0 Å². The van der Waals surface area contributed by atoms with Gasteiger partial charge in [-0.1, -0.05) is 13.3 Å². The molecule has 2 unspecified atom stereocenters. The summed E-state index contributed by atoms with van der Waals surface area (Å²) in [4.78, 5) is 12.5. The molecular formula is C15H22F2O5S. The number of rotatable bonds is 5. The molecule has 5 nitrogen and oxygen atoms in total. The Balaban J connectivity index is 1.75. The van der Waals surface area contributed by atoms with E-state index in [0.717, 1.165) is 25.7 Å². The van der Waals surface area contributed by atoms with Gasteiger partial charge in [-0.15, -0.1) is 0 Å². The fraction of sp³-hybridized carbons (Fsp3) is 0.933. The number of ether oxygens (including phenoxy) is 1. The summed E-state index contributed by atoms with van der Waals surface area (Å²) in [5, 5.41) is -4.46. The van der Waals surface area contributed by atoms with E-state index in [1.54, 1.807) is 0 Å². The number of hydrogen-bond donors (Lipinski definition) is 1. The van der Waals surface area contributed by atoms with Crippen LogP contribution < -0.4 is 0 Å². The number of hydrogen-bond acceptors (Lipinski definition) is 4. The van der Waals surface area contributed by atoms with Crippen LogP contribution in [0.3, 0.4) is 0 Å². The van der Waals surface area contributed by atoms with Crippen LogP contribution in [0.2, 0.25) is 0 Å². The molecule has 2 atom stereocenters. The Morgan fingerprint density at radius 3 is 2.30 bits per heavy atom. The summed E-state index contributed by atoms with van der Waals surface area (Å²) in [5.74, 6) is 0.115. The molecule has 4 bridgehead atoms. The SMILES string of the molecule is CCC12CC3CC(C1)CC(C(=O)OCC(F)(F)S(=O)(=O)O)(C3)C2. The van der Waals surface area contributed by atoms with Crippen molar-refractivity contribution in [1.82, 2.24) is 0 Å². The Hall–Kier alpha value is -0.760. The van der Waals surface area contributed by atoms with Crippen molar-refractivity contribution in [3.63, 3.8) is 0 Å². The molecule has 0 amide bonds. The minimum absolute atomic E-state index is 0.0919. The summed E-state index contributed by atoms with van der Waals surface area (Å²) < 4.78 is 61.0. The van der Waals surface area contributed by atoms with E-state index >= 15 is 0 Å². The molecule has 4 aliphatic carbocycles. The molecule has 23 heavy (non-hydrogen) atoms. The van der Waals surface area contributed by atoms with E-state index in [4.69, 9.17) is 4.55 Å². The van der Waals surface area contributed by atoms with Crippen LogP contribution in [0.5, 0.6) is 0 Å². The topological polar surface area (TPSA) is 80.7 Å². The lowest BCUT2D eigenvalue weighted by atomic mass is 9.43. The van der Waals surface area contributed by atoms with E-state index in [0.29, 0.717) is 31.1 Å². The minimum Gasteiger partial charge on any atom is -0.458 e. The molecule has 132 valence electrons. The molecule has 0 radical (unpaired) electrons. The van der Waals surface area contributed by atoms with Gasteiger partial charge in [-0.3, -0.25) is 9.35 Å². The number of esters is 1. The first-order chi connectivity index (χ1) is 10.5. The summed E-state index contributed by atoms with van der Waals surface area (Å²) in [6, 6.07) is 0. The van der Waals surface area contributed by atoms with Gasteiger partial charge in [0.05, 0.1) is 5.41 Å². The lowest BCUT2D eigenvalue weighted by molar-refractivity contribution is -0.186. The molecule has 0 saturated heterocycles. The summed E-state index contributed by atoms with van der Waals surface area (Å²) in [6.07, 6.45) is 6.11. The lowest BCUT2D eigenvalue weighted by Crippen LogP contribution is -2.55. The van der Waals surface area contributed by atoms with Gasteiger partial charge in [0.25, 0.3) is 0 Å². The number of halogens is 2. The fourth-order valence-electron chi connectivity index (χ4n) is 5.48. The number of carbonyl (C=O) groups excluding carboxylic acids is 1. The highest BCUT2D eigenvalue weighted by Crippen LogP contribution is 2.66. The molecule has 0 spiro atoms. The summed E-state index contributed by atoms with van der Waals surface area (Å²) >= 11 is 0. The highest BCUT2D eigenvalue weighted by Gasteiger charge is 2.61. The van der Waals surface area contributed by atoms with Gasteiger partial charge in [0.1, 0.15) is 0 Å². The summed E-state index contributed by atoms with van der Waals surface area (Å²) in [5.41, 5.74) is -0.663. The molecule has 4 saturated carbocycles. The maximum absolute atomic E-state index is 13.3. The highest BCUT2D eigenvalue weighted by molar-refractivity contribution is 7.86. The van der Waals surface area contributed by atoms with Crippen molar-refractivity contribution >= 4 is 16.1 Å². The number of alkyl halides is 2. The van der Waals surface area contributed by atoms with Crippen LogP contribution in [0.25, 0.3) is 0 Å². The first kappa shape index (κ1) is 17.1. The molecule has 8 heteroatoms. The zero-order chi connectivity index (χ0) is 17.1. The first-order valence-corrected chi connectivity index (χ1v) is 9.47. The Labute approximate surface area is 134 Å². The number of carbonyl (C=O) groups is 1. The fourth-order valence-corrected chi connectivity index (χ4v) is 5.69. The second kappa shape index (κ2) is 5.12. The van der Waals surface area contributed by atoms with Crippen molar-refractivity contribution in [2.45, 2.75) is 57.1 Å². The van der Waals surface area contributed by atoms with Crippen LogP contribution in [0, 0.1) is 22.7 Å². The Morgan fingerprint density at radius 1 is 1.26 bits per heavy atom. The monoisotopic (exact) mass is 352 g/mol. The van der Waals surface area contributed by atoms with E-state index in [2.05, 4.69) is 11.7 Å². The van der Waals surface area contributed by atoms with Crippen LogP contribution in [-0.4, -0.2) is 30.8 Å². The molecule has 4 aliphatic rings. The van der Waals surface area contributed by atoms with Crippen molar-refractivity contribution in [2.75, 3.05) is 6.61 Å². The smallest absolute Gasteiger partial charge is 0.402 e. The Bertz CT molecular complexity index is 601. The van der Waals surface area contributed by atoms with Crippen LogP contribution in [0.15, 0.2) is 0 Å². The first-order valence-electron chi connectivity index (χ1n) is 8.03. The van der Waals surface area contributed by atoms with E-state index in [9.17, 15) is 22.0 Å². The van der Waals surface area contributed by atoms with Gasteiger partial charge in [-0.2, -0.15) is 17.2 Å². The normalized spacial score (nSPS) is 39.5. The standard InChI is InChI=1S/C15H22F2O5S/c1-2-13-4-10-3-11(5-13)7-14(6-10,8-13)12(18)22-9-15(16,17)23(19,20)21/h10-11H,2-9H2,1H3,(H,19,20,21). The van der Waals surface area contributed by atoms with Crippen molar-refractivity contribution < 1.29 is 31.3 Å². The lowest BCUT2D eigenvalue weighted by Gasteiger charge is -2.61. The highest BCUT2D eigenvalue weighted by atomic mass is 32.2. The third-order valence-electron chi connectivity index (χ3n) is 6.11. The van der Waals surface area contributed by atoms with E-state index in [1.165, 1.54) is 0 Å². The molecule has 0 aromatic rings. The molecule has 0 aliphatic heterocycles. The largest absolute Gasteiger partial charge is 0.458 e. The van der Waals surface area contributed by atoms with Crippen LogP contribution in [0.4, 0.5) is 8.78 Å². The van der Waals surface area contributed by atoms with E-state index in [1.807, 2.05) is 0 Å². The van der Waals surface area contributed by atoms with Gasteiger partial charge in [-0.25, -0.2) is 0 Å². The van der Waals surface area contributed by atoms with Crippen LogP contribution in [0.1, 0.15) is 51.9 Å². The van der Waals surface area contributed by atoms with E-state index < -0.39 is 33.4 Å². The van der Waals surface area contributed by atoms with Gasteiger partial charge < -0.3 is 4.74 Å². The molecule has 0 heterocycles. The maximum Gasteiger partial charge on any atom is 0.402 e. The molecule has 1 N–H and O–H groups in total. The average Bonchev–Trinajstić information content (AvgIpc) is 2.42. The summed E-state index contributed by atoms with van der Waals surface area (Å²) in [7, 11) is -5.58. The van der Waals surface area contributed by atoms with Crippen LogP contribution in [-0.2, 0) is 19.6 Å². The molecular weight excluding hydrogens is 330 g/mol. The minimum atomic E-state index is -5.58. The van der Waals surface area contributed by atoms with Gasteiger partial charge >= 0.3 is 21.3 Å². The summed E-state index contributed by atoms with van der Waals surface area (Å²) in [6.45, 7) is 0.472. The van der Waals surface area contributed by atoms with Gasteiger partial charge in [0, 0.05) is 0 Å². The van der Waals surface area contributed by atoms with Crippen molar-refractivity contribution in [1.29, 1.82) is 0 Å².